The van der Waals surface area contributed by atoms with Crippen molar-refractivity contribution in [3.8, 4) is 33.4 Å². The van der Waals surface area contributed by atoms with Crippen molar-refractivity contribution in [3.63, 3.8) is 0 Å². The SMILES string of the molecule is CC(C)(C)c1ccc(N2B3c4c(cc(C(C)(C)C)cc4N(c4ccc(C(C)(C)C)cc4-c4ccccc4)c4oc5ccccc5c43)-c3ccc4c(c32)C(C)(C)c2ccccc2-4)cc1. The van der Waals surface area contributed by atoms with Gasteiger partial charge < -0.3 is 9.23 Å². The predicted octanol–water partition coefficient (Wildman–Crippen LogP) is 15.0. The largest absolute Gasteiger partial charge is 0.440 e. The summed E-state index contributed by atoms with van der Waals surface area (Å²) in [7, 11) is 0. The molecule has 0 fully saturated rings. The van der Waals surface area contributed by atoms with E-state index < -0.39 is 0 Å². The molecule has 2 aliphatic heterocycles. The normalized spacial score (nSPS) is 14.9. The first kappa shape index (κ1) is 39.6. The summed E-state index contributed by atoms with van der Waals surface area (Å²) in [5, 5.41) is 1.14. The second kappa shape index (κ2) is 13.4. The summed E-state index contributed by atoms with van der Waals surface area (Å²) in [5.74, 6) is 0.876. The summed E-state index contributed by atoms with van der Waals surface area (Å²) in [6.07, 6.45) is 0. The first-order valence-corrected chi connectivity index (χ1v) is 22.8. The molecule has 3 heterocycles. The molecule has 0 atom stereocenters. The predicted molar refractivity (Wildman–Crippen MR) is 269 cm³/mol. The highest BCUT2D eigenvalue weighted by Gasteiger charge is 2.51. The van der Waals surface area contributed by atoms with Gasteiger partial charge in [0.2, 0.25) is 5.88 Å². The van der Waals surface area contributed by atoms with Gasteiger partial charge in [-0.3, -0.25) is 4.90 Å². The third-order valence-corrected chi connectivity index (χ3v) is 14.3. The highest BCUT2D eigenvalue weighted by Crippen LogP contribution is 2.59. The van der Waals surface area contributed by atoms with Crippen LogP contribution in [0.15, 0.2) is 150 Å². The molecular formula is C59H57BN2O. The minimum atomic E-state index is -0.246. The molecule has 312 valence electrons. The second-order valence-corrected chi connectivity index (χ2v) is 21.8. The van der Waals surface area contributed by atoms with E-state index >= 15 is 0 Å². The summed E-state index contributed by atoms with van der Waals surface area (Å²) < 4.78 is 7.34. The number of hydrogen-bond donors (Lipinski definition) is 0. The van der Waals surface area contributed by atoms with Gasteiger partial charge in [0, 0.05) is 44.5 Å². The molecule has 0 saturated heterocycles. The fourth-order valence-electron chi connectivity index (χ4n) is 10.9. The number of hydrogen-bond acceptors (Lipinski definition) is 3. The molecule has 0 unspecified atom stereocenters. The number of fused-ring (bicyclic) bond motifs is 10. The van der Waals surface area contributed by atoms with Crippen LogP contribution in [0.2, 0.25) is 0 Å². The quantitative estimate of drug-likeness (QED) is 0.166. The Morgan fingerprint density at radius 2 is 1.11 bits per heavy atom. The summed E-state index contributed by atoms with van der Waals surface area (Å²) in [5.41, 5.74) is 22.0. The van der Waals surface area contributed by atoms with Crippen LogP contribution in [0.4, 0.5) is 28.6 Å². The Kier molecular flexibility index (Phi) is 8.41. The fourth-order valence-corrected chi connectivity index (χ4v) is 10.9. The third kappa shape index (κ3) is 5.86. The molecule has 1 aromatic heterocycles. The van der Waals surface area contributed by atoms with Crippen LogP contribution in [-0.2, 0) is 21.7 Å². The van der Waals surface area contributed by atoms with Crippen LogP contribution in [0.3, 0.4) is 0 Å². The Balaban J connectivity index is 1.31. The summed E-state index contributed by atoms with van der Waals surface area (Å²) in [6.45, 7) is 25.5. The van der Waals surface area contributed by atoms with E-state index in [0.717, 1.165) is 22.5 Å². The molecule has 0 N–H and O–H groups in total. The van der Waals surface area contributed by atoms with E-state index in [1.807, 2.05) is 0 Å². The van der Waals surface area contributed by atoms with E-state index in [-0.39, 0.29) is 28.5 Å². The van der Waals surface area contributed by atoms with Crippen molar-refractivity contribution in [1.82, 2.24) is 0 Å². The van der Waals surface area contributed by atoms with Gasteiger partial charge in [-0.15, -0.1) is 0 Å². The first-order valence-electron chi connectivity index (χ1n) is 22.8. The van der Waals surface area contributed by atoms with Gasteiger partial charge in [0.25, 0.3) is 0 Å². The van der Waals surface area contributed by atoms with Crippen LogP contribution in [0.1, 0.15) is 104 Å². The number of para-hydroxylation sites is 1. The van der Waals surface area contributed by atoms with E-state index in [4.69, 9.17) is 4.42 Å². The lowest BCUT2D eigenvalue weighted by Gasteiger charge is -2.46. The van der Waals surface area contributed by atoms with Crippen LogP contribution in [-0.4, -0.2) is 6.85 Å². The lowest BCUT2D eigenvalue weighted by molar-refractivity contribution is 0.589. The molecule has 0 radical (unpaired) electrons. The lowest BCUT2D eigenvalue weighted by atomic mass is 9.43. The molecular weight excluding hydrogens is 763 g/mol. The molecule has 7 aromatic carbocycles. The maximum absolute atomic E-state index is 7.34. The monoisotopic (exact) mass is 820 g/mol. The highest BCUT2D eigenvalue weighted by molar-refractivity contribution is 6.95. The average molecular weight is 821 g/mol. The van der Waals surface area contributed by atoms with Crippen LogP contribution >= 0.6 is 0 Å². The minimum Gasteiger partial charge on any atom is -0.440 e. The molecule has 0 bridgehead atoms. The number of anilines is 5. The second-order valence-electron chi connectivity index (χ2n) is 21.8. The van der Waals surface area contributed by atoms with Crippen LogP contribution in [0.5, 0.6) is 0 Å². The summed E-state index contributed by atoms with van der Waals surface area (Å²) >= 11 is 0. The number of furan rings is 1. The van der Waals surface area contributed by atoms with E-state index in [1.165, 1.54) is 89.2 Å². The Labute approximate surface area is 374 Å². The van der Waals surface area contributed by atoms with Crippen molar-refractivity contribution >= 4 is 57.4 Å². The van der Waals surface area contributed by atoms with E-state index in [2.05, 4.69) is 231 Å². The third-order valence-electron chi connectivity index (χ3n) is 14.3. The molecule has 4 heteroatoms. The van der Waals surface area contributed by atoms with Gasteiger partial charge in [-0.1, -0.05) is 185 Å². The molecule has 11 rings (SSSR count). The number of nitrogens with zero attached hydrogens (tertiary/aromatic N) is 2. The van der Waals surface area contributed by atoms with Gasteiger partial charge in [0.05, 0.1) is 5.69 Å². The van der Waals surface area contributed by atoms with Gasteiger partial charge in [-0.25, -0.2) is 0 Å². The zero-order valence-corrected chi connectivity index (χ0v) is 38.7. The molecule has 63 heavy (non-hydrogen) atoms. The van der Waals surface area contributed by atoms with Gasteiger partial charge in [-0.2, -0.15) is 0 Å². The molecule has 0 spiro atoms. The molecule has 3 aliphatic rings. The molecule has 0 amide bonds. The number of benzene rings is 7. The number of rotatable bonds is 3. The Morgan fingerprint density at radius 1 is 0.492 bits per heavy atom. The van der Waals surface area contributed by atoms with E-state index in [0.29, 0.717) is 0 Å². The Hall–Kier alpha value is -6.26. The van der Waals surface area contributed by atoms with Gasteiger partial charge in [0.15, 0.2) is 0 Å². The van der Waals surface area contributed by atoms with Crippen molar-refractivity contribution in [1.29, 1.82) is 0 Å². The van der Waals surface area contributed by atoms with Crippen LogP contribution in [0.25, 0.3) is 44.3 Å². The summed E-state index contributed by atoms with van der Waals surface area (Å²) in [6, 6.07) is 55.1. The van der Waals surface area contributed by atoms with Crippen LogP contribution < -0.4 is 20.6 Å². The van der Waals surface area contributed by atoms with Gasteiger partial charge in [-0.05, 0) is 108 Å². The van der Waals surface area contributed by atoms with Crippen molar-refractivity contribution in [2.75, 3.05) is 9.71 Å². The summed E-state index contributed by atoms with van der Waals surface area (Å²) in [4.78, 5) is 5.18. The Morgan fingerprint density at radius 3 is 1.83 bits per heavy atom. The fraction of sp³-hybridized carbons (Fsp3) is 0.254. The minimum absolute atomic E-state index is 0.0185. The van der Waals surface area contributed by atoms with Gasteiger partial charge >= 0.3 is 6.85 Å². The maximum Gasteiger partial charge on any atom is 0.337 e. The maximum atomic E-state index is 7.34. The van der Waals surface area contributed by atoms with Crippen LogP contribution in [0, 0.1) is 0 Å². The van der Waals surface area contributed by atoms with Crippen molar-refractivity contribution in [2.24, 2.45) is 0 Å². The molecule has 0 saturated carbocycles. The smallest absolute Gasteiger partial charge is 0.337 e. The molecule has 3 nitrogen and oxygen atoms in total. The van der Waals surface area contributed by atoms with E-state index in [1.54, 1.807) is 0 Å². The van der Waals surface area contributed by atoms with Gasteiger partial charge in [0.1, 0.15) is 5.58 Å². The standard InChI is InChI=1S/C59H57BN2O/c1-56(2,3)37-25-28-40(29-26-37)62-54-43(31-30-42-41-21-15-17-23-47(41)59(10,11)51(42)54)46-34-39(58(7,8)9)35-49-52(46)60(62)53-44-22-16-18-24-50(44)63-55(53)61(49)48-32-27-38(57(4,5)6)33-45(48)36-19-13-12-14-20-36/h12-35H,1-11H3. The van der Waals surface area contributed by atoms with Crippen molar-refractivity contribution < 1.29 is 4.42 Å². The zero-order chi connectivity index (χ0) is 44.0. The lowest BCUT2D eigenvalue weighted by Crippen LogP contribution is -2.61. The van der Waals surface area contributed by atoms with Crippen molar-refractivity contribution in [3.05, 3.63) is 173 Å². The average Bonchev–Trinajstić information content (AvgIpc) is 3.75. The molecule has 1 aliphatic carbocycles. The van der Waals surface area contributed by atoms with Crippen molar-refractivity contribution in [2.45, 2.75) is 97.8 Å². The topological polar surface area (TPSA) is 19.6 Å². The van der Waals surface area contributed by atoms with E-state index in [9.17, 15) is 0 Å². The Bertz CT molecular complexity index is 3150. The highest BCUT2D eigenvalue weighted by atomic mass is 16.4. The first-order chi connectivity index (χ1) is 29.9. The molecule has 8 aromatic rings. The zero-order valence-electron chi connectivity index (χ0n) is 38.7.